The number of rotatable bonds is 6. The molecule has 0 radical (unpaired) electrons. The minimum absolute atomic E-state index is 0.0740. The summed E-state index contributed by atoms with van der Waals surface area (Å²) in [6.45, 7) is 4.10. The standard InChI is InChI=1S/C18H23NO5S/c1-17(2)14-7-8-18(17,15(20)9-14)11-25(23,24)19-10-12-3-5-13(6-4-12)16(21)22/h3-6,14,19H,7-11H2,1-2H3,(H,21,22)/t14-,18+/m0/s1. The van der Waals surface area contributed by atoms with Gasteiger partial charge in [-0.3, -0.25) is 4.79 Å². The van der Waals surface area contributed by atoms with Gasteiger partial charge in [0.25, 0.3) is 0 Å². The molecule has 1 aromatic carbocycles. The SMILES string of the molecule is CC1(C)[C@H]2CC[C@@]1(CS(=O)(=O)NCc1ccc(C(=O)O)cc1)C(=O)C2. The van der Waals surface area contributed by atoms with Gasteiger partial charge in [0.1, 0.15) is 5.78 Å². The van der Waals surface area contributed by atoms with Crippen LogP contribution in [0.1, 0.15) is 49.0 Å². The van der Waals surface area contributed by atoms with Crippen molar-refractivity contribution in [2.24, 2.45) is 16.7 Å². The number of fused-ring (bicyclic) bond motifs is 2. The summed E-state index contributed by atoms with van der Waals surface area (Å²) in [4.78, 5) is 23.3. The second kappa shape index (κ2) is 5.92. The normalized spacial score (nSPS) is 27.6. The summed E-state index contributed by atoms with van der Waals surface area (Å²) in [6, 6.07) is 6.05. The molecule has 2 bridgehead atoms. The van der Waals surface area contributed by atoms with Gasteiger partial charge in [-0.15, -0.1) is 0 Å². The first-order valence-electron chi connectivity index (χ1n) is 8.40. The molecule has 2 aliphatic carbocycles. The second-order valence-electron chi connectivity index (χ2n) is 7.75. The number of sulfonamides is 1. The maximum Gasteiger partial charge on any atom is 0.335 e. The Morgan fingerprint density at radius 3 is 2.40 bits per heavy atom. The van der Waals surface area contributed by atoms with Crippen LogP contribution in [0.2, 0.25) is 0 Å². The van der Waals surface area contributed by atoms with E-state index in [1.807, 2.05) is 13.8 Å². The van der Waals surface area contributed by atoms with E-state index in [1.165, 1.54) is 12.1 Å². The van der Waals surface area contributed by atoms with E-state index in [0.717, 1.165) is 6.42 Å². The Balaban J connectivity index is 1.70. The summed E-state index contributed by atoms with van der Waals surface area (Å²) in [5.74, 6) is -0.845. The van der Waals surface area contributed by atoms with E-state index in [4.69, 9.17) is 5.11 Å². The fourth-order valence-corrected chi connectivity index (χ4v) is 6.26. The number of Topliss-reactive ketones (excluding diaryl/α,β-unsaturated/α-hetero) is 1. The van der Waals surface area contributed by atoms with E-state index in [2.05, 4.69) is 4.72 Å². The average molecular weight is 365 g/mol. The highest BCUT2D eigenvalue weighted by molar-refractivity contribution is 7.89. The monoisotopic (exact) mass is 365 g/mol. The van der Waals surface area contributed by atoms with Crippen LogP contribution in [-0.2, 0) is 21.4 Å². The quantitative estimate of drug-likeness (QED) is 0.805. The van der Waals surface area contributed by atoms with Gasteiger partial charge in [0, 0.05) is 18.4 Å². The highest BCUT2D eigenvalue weighted by atomic mass is 32.2. The van der Waals surface area contributed by atoms with Crippen LogP contribution in [-0.4, -0.2) is 31.0 Å². The summed E-state index contributed by atoms with van der Waals surface area (Å²) < 4.78 is 27.7. The second-order valence-corrected chi connectivity index (χ2v) is 9.56. The van der Waals surface area contributed by atoms with E-state index in [9.17, 15) is 18.0 Å². The summed E-state index contributed by atoms with van der Waals surface area (Å²) in [5, 5.41) is 8.88. The maximum absolute atomic E-state index is 12.6. The molecule has 25 heavy (non-hydrogen) atoms. The van der Waals surface area contributed by atoms with Gasteiger partial charge in [0.2, 0.25) is 10.0 Å². The lowest BCUT2D eigenvalue weighted by Gasteiger charge is -2.36. The number of ketones is 1. The Kier molecular flexibility index (Phi) is 4.28. The number of nitrogens with one attached hydrogen (secondary N) is 1. The molecule has 0 amide bonds. The Hall–Kier alpha value is -1.73. The Labute approximate surface area is 147 Å². The van der Waals surface area contributed by atoms with Crippen LogP contribution in [0.15, 0.2) is 24.3 Å². The third-order valence-corrected chi connectivity index (χ3v) is 7.73. The van der Waals surface area contributed by atoms with Crippen molar-refractivity contribution in [3.63, 3.8) is 0 Å². The molecule has 7 heteroatoms. The molecule has 2 aliphatic rings. The highest BCUT2D eigenvalue weighted by Crippen LogP contribution is 2.64. The van der Waals surface area contributed by atoms with Gasteiger partial charge >= 0.3 is 5.97 Å². The Morgan fingerprint density at radius 1 is 1.28 bits per heavy atom. The molecule has 2 atom stereocenters. The predicted molar refractivity (Wildman–Crippen MR) is 92.6 cm³/mol. The van der Waals surface area contributed by atoms with Crippen LogP contribution in [0.4, 0.5) is 0 Å². The third-order valence-electron chi connectivity index (χ3n) is 6.27. The van der Waals surface area contributed by atoms with E-state index in [-0.39, 0.29) is 35.0 Å². The molecule has 0 heterocycles. The van der Waals surface area contributed by atoms with E-state index < -0.39 is 21.4 Å². The van der Waals surface area contributed by atoms with Crippen molar-refractivity contribution in [3.8, 4) is 0 Å². The van der Waals surface area contributed by atoms with Gasteiger partial charge in [0.05, 0.1) is 11.3 Å². The largest absolute Gasteiger partial charge is 0.478 e. The van der Waals surface area contributed by atoms with Crippen molar-refractivity contribution in [1.29, 1.82) is 0 Å². The molecule has 0 unspecified atom stereocenters. The molecule has 1 aromatic rings. The minimum Gasteiger partial charge on any atom is -0.478 e. The van der Waals surface area contributed by atoms with Crippen molar-refractivity contribution < 1.29 is 23.1 Å². The fourth-order valence-electron chi connectivity index (χ4n) is 4.44. The number of carbonyl (C=O) groups is 2. The lowest BCUT2D eigenvalue weighted by Crippen LogP contribution is -2.45. The van der Waals surface area contributed by atoms with Crippen LogP contribution in [0.3, 0.4) is 0 Å². The van der Waals surface area contributed by atoms with E-state index >= 15 is 0 Å². The van der Waals surface area contributed by atoms with Crippen LogP contribution >= 0.6 is 0 Å². The van der Waals surface area contributed by atoms with Gasteiger partial charge < -0.3 is 5.11 Å². The van der Waals surface area contributed by atoms with E-state index in [0.29, 0.717) is 18.4 Å². The van der Waals surface area contributed by atoms with Crippen LogP contribution in [0.5, 0.6) is 0 Å². The number of hydrogen-bond acceptors (Lipinski definition) is 4. The summed E-state index contributed by atoms with van der Waals surface area (Å²) in [5.41, 5.74) is -0.244. The number of benzene rings is 1. The molecule has 3 rings (SSSR count). The first-order chi connectivity index (χ1) is 11.6. The minimum atomic E-state index is -3.62. The van der Waals surface area contributed by atoms with Crippen LogP contribution in [0, 0.1) is 16.7 Å². The zero-order valence-electron chi connectivity index (χ0n) is 14.4. The number of hydrogen-bond donors (Lipinski definition) is 2. The molecule has 2 N–H and O–H groups in total. The van der Waals surface area contributed by atoms with Crippen molar-refractivity contribution in [2.45, 2.75) is 39.7 Å². The zero-order chi connectivity index (χ0) is 18.5. The van der Waals surface area contributed by atoms with Crippen LogP contribution < -0.4 is 4.72 Å². The van der Waals surface area contributed by atoms with Gasteiger partial charge in [0.15, 0.2) is 0 Å². The van der Waals surface area contributed by atoms with Gasteiger partial charge in [-0.25, -0.2) is 17.9 Å². The molecule has 0 saturated heterocycles. The summed E-state index contributed by atoms with van der Waals surface area (Å²) in [7, 11) is -3.62. The highest BCUT2D eigenvalue weighted by Gasteiger charge is 2.65. The van der Waals surface area contributed by atoms with Crippen molar-refractivity contribution in [3.05, 3.63) is 35.4 Å². The topological polar surface area (TPSA) is 101 Å². The van der Waals surface area contributed by atoms with Gasteiger partial charge in [-0.2, -0.15) is 0 Å². The van der Waals surface area contributed by atoms with Gasteiger partial charge in [-0.1, -0.05) is 26.0 Å². The number of aromatic carboxylic acids is 1. The number of carbonyl (C=O) groups excluding carboxylic acids is 1. The molecule has 6 nitrogen and oxygen atoms in total. The maximum atomic E-state index is 12.6. The van der Waals surface area contributed by atoms with E-state index in [1.54, 1.807) is 12.1 Å². The molecule has 0 aromatic heterocycles. The smallest absolute Gasteiger partial charge is 0.335 e. The number of carboxylic acids is 1. The summed E-state index contributed by atoms with van der Waals surface area (Å²) >= 11 is 0. The molecule has 0 aliphatic heterocycles. The third kappa shape index (κ3) is 3.00. The zero-order valence-corrected chi connectivity index (χ0v) is 15.2. The summed E-state index contributed by atoms with van der Waals surface area (Å²) in [6.07, 6.45) is 2.03. The lowest BCUT2D eigenvalue weighted by atomic mass is 9.70. The molecular weight excluding hydrogens is 342 g/mol. The fraction of sp³-hybridized carbons (Fsp3) is 0.556. The van der Waals surface area contributed by atoms with Crippen molar-refractivity contribution >= 4 is 21.8 Å². The predicted octanol–water partition coefficient (Wildman–Crippen LogP) is 2.20. The average Bonchev–Trinajstić information content (AvgIpc) is 2.87. The Bertz CT molecular complexity index is 812. The lowest BCUT2D eigenvalue weighted by molar-refractivity contribution is -0.128. The molecule has 136 valence electrons. The van der Waals surface area contributed by atoms with Crippen molar-refractivity contribution in [2.75, 3.05) is 5.75 Å². The van der Waals surface area contributed by atoms with Crippen LogP contribution in [0.25, 0.3) is 0 Å². The molecular formula is C18H23NO5S. The molecule has 2 saturated carbocycles. The Morgan fingerprint density at radius 2 is 1.92 bits per heavy atom. The molecule has 2 fully saturated rings. The first kappa shape index (κ1) is 18.1. The molecule has 0 spiro atoms. The van der Waals surface area contributed by atoms with Gasteiger partial charge in [-0.05, 0) is 41.9 Å². The number of carboxylic acid groups (broad SMARTS) is 1. The first-order valence-corrected chi connectivity index (χ1v) is 10.1. The van der Waals surface area contributed by atoms with Crippen molar-refractivity contribution in [1.82, 2.24) is 4.72 Å².